The number of thioether (sulfide) groups is 1. The quantitative estimate of drug-likeness (QED) is 0.373. The molecule has 0 unspecified atom stereocenters. The van der Waals surface area contributed by atoms with Gasteiger partial charge in [0.1, 0.15) is 0 Å². The Morgan fingerprint density at radius 3 is 2.64 bits per heavy atom. The Balaban J connectivity index is 1.64. The Hall–Kier alpha value is -3.30. The van der Waals surface area contributed by atoms with E-state index in [0.29, 0.717) is 39.6 Å². The summed E-state index contributed by atoms with van der Waals surface area (Å²) in [4.78, 5) is 24.2. The topological polar surface area (TPSA) is 98.1 Å². The first-order chi connectivity index (χ1) is 16.0. The fraction of sp³-hybridized carbons (Fsp3) is 0.217. The summed E-state index contributed by atoms with van der Waals surface area (Å²) in [7, 11) is 0. The maximum atomic E-state index is 12.3. The maximum Gasteiger partial charge on any atom is 0.337 e. The zero-order valence-electron chi connectivity index (χ0n) is 17.9. The van der Waals surface area contributed by atoms with Crippen LogP contribution in [0, 0.1) is 0 Å². The normalized spacial score (nSPS) is 13.5. The number of nitrogens with zero attached hydrogens (tertiary/aromatic N) is 3. The van der Waals surface area contributed by atoms with Gasteiger partial charge in [0.15, 0.2) is 11.0 Å². The summed E-state index contributed by atoms with van der Waals surface area (Å²) >= 11 is 7.44. The van der Waals surface area contributed by atoms with Gasteiger partial charge in [-0.2, -0.15) is 0 Å². The average molecular weight is 484 g/mol. The molecule has 2 amide bonds. The molecule has 33 heavy (non-hydrogen) atoms. The van der Waals surface area contributed by atoms with E-state index in [1.54, 1.807) is 6.92 Å². The van der Waals surface area contributed by atoms with E-state index >= 15 is 0 Å². The molecule has 170 valence electrons. The summed E-state index contributed by atoms with van der Waals surface area (Å²) in [5.41, 5.74) is 2.88. The molecule has 0 aliphatic carbocycles. The molecule has 2 N–H and O–H groups in total. The number of rotatable bonds is 8. The van der Waals surface area contributed by atoms with E-state index < -0.39 is 5.97 Å². The van der Waals surface area contributed by atoms with Crippen molar-refractivity contribution in [3.8, 4) is 11.4 Å². The van der Waals surface area contributed by atoms with Gasteiger partial charge < -0.3 is 15.4 Å². The minimum Gasteiger partial charge on any atom is -0.463 e. The number of ether oxygens (including phenoxy) is 1. The molecular weight excluding hydrogens is 462 g/mol. The van der Waals surface area contributed by atoms with Gasteiger partial charge in [0.05, 0.1) is 25.3 Å². The van der Waals surface area contributed by atoms with Crippen LogP contribution in [0.1, 0.15) is 12.5 Å². The summed E-state index contributed by atoms with van der Waals surface area (Å²) in [6, 6.07) is 17.1. The van der Waals surface area contributed by atoms with Gasteiger partial charge >= 0.3 is 12.0 Å². The Bertz CT molecular complexity index is 1180. The lowest BCUT2D eigenvalue weighted by Crippen LogP contribution is -2.44. The minimum absolute atomic E-state index is 0.118. The standard InChI is InChI=1S/C23H22ClN5O3S/c1-2-32-21(30)18-12-25-22(31)26-19(18)14-33-23-28-27-20(16-8-10-17(24)11-9-16)29(23)13-15-6-4-3-5-7-15/h3-11H,2,12-14H2,1H3,(H2,25,26,31). The fourth-order valence-corrected chi connectivity index (χ4v) is 4.37. The number of nitrogens with one attached hydrogen (secondary N) is 2. The number of amides is 2. The zero-order valence-corrected chi connectivity index (χ0v) is 19.4. The van der Waals surface area contributed by atoms with Crippen LogP contribution in [0.2, 0.25) is 5.02 Å². The lowest BCUT2D eigenvalue weighted by atomic mass is 10.2. The van der Waals surface area contributed by atoms with Crippen LogP contribution in [0.3, 0.4) is 0 Å². The number of hydrogen-bond donors (Lipinski definition) is 2. The predicted molar refractivity (Wildman–Crippen MR) is 127 cm³/mol. The van der Waals surface area contributed by atoms with Gasteiger partial charge in [-0.05, 0) is 36.8 Å². The van der Waals surface area contributed by atoms with E-state index in [1.807, 2.05) is 59.2 Å². The van der Waals surface area contributed by atoms with Crippen molar-refractivity contribution in [1.82, 2.24) is 25.4 Å². The second kappa shape index (κ2) is 10.5. The maximum absolute atomic E-state index is 12.3. The van der Waals surface area contributed by atoms with Crippen molar-refractivity contribution in [2.24, 2.45) is 0 Å². The number of halogens is 1. The summed E-state index contributed by atoms with van der Waals surface area (Å²) < 4.78 is 7.14. The highest BCUT2D eigenvalue weighted by atomic mass is 35.5. The zero-order chi connectivity index (χ0) is 23.2. The Morgan fingerprint density at radius 1 is 1.15 bits per heavy atom. The SMILES string of the molecule is CCOC(=O)C1=C(CSc2nnc(-c3ccc(Cl)cc3)n2Cc2ccccc2)NC(=O)NC1. The Morgan fingerprint density at radius 2 is 1.91 bits per heavy atom. The lowest BCUT2D eigenvalue weighted by molar-refractivity contribution is -0.138. The van der Waals surface area contributed by atoms with E-state index in [1.165, 1.54) is 11.8 Å². The second-order valence-electron chi connectivity index (χ2n) is 7.16. The first-order valence-electron chi connectivity index (χ1n) is 10.3. The average Bonchev–Trinajstić information content (AvgIpc) is 3.21. The highest BCUT2D eigenvalue weighted by Gasteiger charge is 2.24. The van der Waals surface area contributed by atoms with Crippen molar-refractivity contribution in [3.63, 3.8) is 0 Å². The summed E-state index contributed by atoms with van der Waals surface area (Å²) in [6.07, 6.45) is 0. The molecule has 0 atom stereocenters. The van der Waals surface area contributed by atoms with Crippen LogP contribution in [0.4, 0.5) is 4.79 Å². The van der Waals surface area contributed by atoms with Crippen LogP contribution in [0.25, 0.3) is 11.4 Å². The smallest absolute Gasteiger partial charge is 0.337 e. The molecule has 2 heterocycles. The molecule has 0 spiro atoms. The Kier molecular flexibility index (Phi) is 7.31. The van der Waals surface area contributed by atoms with Gasteiger partial charge in [0.25, 0.3) is 0 Å². The van der Waals surface area contributed by atoms with Gasteiger partial charge in [0, 0.05) is 22.0 Å². The number of carbonyl (C=O) groups is 2. The van der Waals surface area contributed by atoms with Gasteiger partial charge in [-0.25, -0.2) is 9.59 Å². The van der Waals surface area contributed by atoms with Gasteiger partial charge in [-0.15, -0.1) is 10.2 Å². The van der Waals surface area contributed by atoms with Crippen LogP contribution >= 0.6 is 23.4 Å². The number of aromatic nitrogens is 3. The number of urea groups is 1. The second-order valence-corrected chi connectivity index (χ2v) is 8.54. The molecule has 1 aliphatic heterocycles. The van der Waals surface area contributed by atoms with E-state index in [0.717, 1.165) is 11.1 Å². The number of esters is 1. The summed E-state index contributed by atoms with van der Waals surface area (Å²) in [6.45, 7) is 2.68. The molecule has 4 rings (SSSR count). The highest BCUT2D eigenvalue weighted by molar-refractivity contribution is 7.99. The third-order valence-electron chi connectivity index (χ3n) is 4.92. The minimum atomic E-state index is -0.451. The molecule has 1 aromatic heterocycles. The third kappa shape index (κ3) is 5.55. The molecule has 8 nitrogen and oxygen atoms in total. The van der Waals surface area contributed by atoms with E-state index in [2.05, 4.69) is 20.8 Å². The van der Waals surface area contributed by atoms with Crippen molar-refractivity contribution in [2.45, 2.75) is 18.6 Å². The van der Waals surface area contributed by atoms with Crippen LogP contribution in [0.15, 0.2) is 71.0 Å². The molecule has 2 aromatic carbocycles. The van der Waals surface area contributed by atoms with Crippen LogP contribution < -0.4 is 10.6 Å². The number of carbonyl (C=O) groups excluding carboxylic acids is 2. The van der Waals surface area contributed by atoms with Crippen LogP contribution in [-0.4, -0.2) is 45.7 Å². The Labute approximate surface area is 200 Å². The van der Waals surface area contributed by atoms with Gasteiger partial charge in [0.2, 0.25) is 0 Å². The van der Waals surface area contributed by atoms with Gasteiger partial charge in [-0.3, -0.25) is 4.57 Å². The first kappa shape index (κ1) is 22.9. The van der Waals surface area contributed by atoms with E-state index in [-0.39, 0.29) is 19.2 Å². The lowest BCUT2D eigenvalue weighted by Gasteiger charge is -2.21. The molecular formula is C23H22ClN5O3S. The summed E-state index contributed by atoms with van der Waals surface area (Å²) in [5, 5.41) is 15.5. The molecule has 0 bridgehead atoms. The highest BCUT2D eigenvalue weighted by Crippen LogP contribution is 2.28. The summed E-state index contributed by atoms with van der Waals surface area (Å²) in [5.74, 6) is 0.579. The molecule has 1 aliphatic rings. The molecule has 0 fully saturated rings. The first-order valence-corrected chi connectivity index (χ1v) is 11.7. The molecule has 0 radical (unpaired) electrons. The van der Waals surface area contributed by atoms with Crippen molar-refractivity contribution in [1.29, 1.82) is 0 Å². The van der Waals surface area contributed by atoms with Crippen LogP contribution in [-0.2, 0) is 16.1 Å². The predicted octanol–water partition coefficient (Wildman–Crippen LogP) is 3.87. The van der Waals surface area contributed by atoms with Crippen LogP contribution in [0.5, 0.6) is 0 Å². The number of benzene rings is 2. The molecule has 3 aromatic rings. The number of hydrogen-bond acceptors (Lipinski definition) is 6. The van der Waals surface area contributed by atoms with Crippen molar-refractivity contribution in [3.05, 3.63) is 76.5 Å². The van der Waals surface area contributed by atoms with E-state index in [9.17, 15) is 9.59 Å². The van der Waals surface area contributed by atoms with Gasteiger partial charge in [-0.1, -0.05) is 53.7 Å². The molecule has 0 saturated heterocycles. The van der Waals surface area contributed by atoms with Crippen molar-refractivity contribution in [2.75, 3.05) is 18.9 Å². The fourth-order valence-electron chi connectivity index (χ4n) is 3.32. The van der Waals surface area contributed by atoms with E-state index in [4.69, 9.17) is 16.3 Å². The molecule has 0 saturated carbocycles. The largest absolute Gasteiger partial charge is 0.463 e. The molecule has 10 heteroatoms. The van der Waals surface area contributed by atoms with Crippen molar-refractivity contribution >= 4 is 35.4 Å². The monoisotopic (exact) mass is 483 g/mol. The van der Waals surface area contributed by atoms with Crippen molar-refractivity contribution < 1.29 is 14.3 Å². The third-order valence-corrected chi connectivity index (χ3v) is 6.17.